The number of benzene rings is 2. The summed E-state index contributed by atoms with van der Waals surface area (Å²) >= 11 is 0. The van der Waals surface area contributed by atoms with Crippen molar-refractivity contribution < 1.29 is 14.3 Å². The molecule has 2 aromatic rings. The van der Waals surface area contributed by atoms with E-state index in [2.05, 4.69) is 46.7 Å². The second-order valence-corrected chi connectivity index (χ2v) is 7.28. The minimum absolute atomic E-state index is 0.189. The maximum atomic E-state index is 12.2. The highest BCUT2D eigenvalue weighted by atomic mass is 16.7. The molecule has 6 heteroatoms. The van der Waals surface area contributed by atoms with Crippen LogP contribution >= 0.6 is 0 Å². The number of carbonyl (C=O) groups is 1. The van der Waals surface area contributed by atoms with E-state index in [1.165, 1.54) is 11.1 Å². The number of likely N-dealkylation sites (tertiary alicyclic amines) is 1. The first-order valence-electron chi connectivity index (χ1n) is 9.38. The lowest BCUT2D eigenvalue weighted by Crippen LogP contribution is -2.34. The molecule has 1 saturated heterocycles. The van der Waals surface area contributed by atoms with Gasteiger partial charge in [-0.05, 0) is 43.5 Å². The number of anilines is 1. The van der Waals surface area contributed by atoms with E-state index in [-0.39, 0.29) is 12.8 Å². The molecule has 2 amide bonds. The van der Waals surface area contributed by atoms with Crippen molar-refractivity contribution in [3.05, 3.63) is 53.6 Å². The van der Waals surface area contributed by atoms with Crippen LogP contribution in [-0.2, 0) is 6.54 Å². The molecule has 27 heavy (non-hydrogen) atoms. The molecule has 6 nitrogen and oxygen atoms in total. The quantitative estimate of drug-likeness (QED) is 0.851. The zero-order chi connectivity index (χ0) is 18.6. The van der Waals surface area contributed by atoms with Crippen LogP contribution in [0.2, 0.25) is 0 Å². The minimum atomic E-state index is -0.189. The number of carbonyl (C=O) groups excluding carboxylic acids is 1. The average Bonchev–Trinajstić information content (AvgIpc) is 3.31. The summed E-state index contributed by atoms with van der Waals surface area (Å²) in [5.41, 5.74) is 3.33. The van der Waals surface area contributed by atoms with Crippen molar-refractivity contribution in [1.82, 2.24) is 10.2 Å². The fourth-order valence-corrected chi connectivity index (χ4v) is 3.56. The lowest BCUT2D eigenvalue weighted by atomic mass is 10.1. The van der Waals surface area contributed by atoms with Crippen LogP contribution in [0.3, 0.4) is 0 Å². The molecule has 0 aromatic heterocycles. The number of aryl methyl sites for hydroxylation is 1. The molecular weight excluding hydrogens is 342 g/mol. The fraction of sp³-hybridized carbons (Fsp3) is 0.381. The Balaban J connectivity index is 1.21. The number of rotatable bonds is 5. The predicted molar refractivity (Wildman–Crippen MR) is 104 cm³/mol. The van der Waals surface area contributed by atoms with Crippen molar-refractivity contribution >= 4 is 11.7 Å². The van der Waals surface area contributed by atoms with Gasteiger partial charge in [-0.2, -0.15) is 0 Å². The Kier molecular flexibility index (Phi) is 5.16. The van der Waals surface area contributed by atoms with Crippen molar-refractivity contribution in [1.29, 1.82) is 0 Å². The largest absolute Gasteiger partial charge is 0.454 e. The highest BCUT2D eigenvalue weighted by molar-refractivity contribution is 5.89. The Morgan fingerprint density at radius 3 is 2.81 bits per heavy atom. The van der Waals surface area contributed by atoms with Gasteiger partial charge in [0.1, 0.15) is 0 Å². The lowest BCUT2D eigenvalue weighted by Gasteiger charge is -2.16. The number of nitrogens with zero attached hydrogens (tertiary/aromatic N) is 1. The molecule has 2 N–H and O–H groups in total. The second kappa shape index (κ2) is 7.88. The van der Waals surface area contributed by atoms with E-state index in [0.717, 1.165) is 26.1 Å². The first-order valence-corrected chi connectivity index (χ1v) is 9.38. The molecule has 0 bridgehead atoms. The molecule has 2 aliphatic heterocycles. The van der Waals surface area contributed by atoms with Gasteiger partial charge in [0.2, 0.25) is 6.79 Å². The van der Waals surface area contributed by atoms with Gasteiger partial charge >= 0.3 is 6.03 Å². The van der Waals surface area contributed by atoms with Gasteiger partial charge in [0.15, 0.2) is 11.5 Å². The third-order valence-corrected chi connectivity index (χ3v) is 5.08. The summed E-state index contributed by atoms with van der Waals surface area (Å²) in [4.78, 5) is 14.6. The van der Waals surface area contributed by atoms with E-state index in [4.69, 9.17) is 9.47 Å². The van der Waals surface area contributed by atoms with Gasteiger partial charge in [-0.15, -0.1) is 0 Å². The molecule has 1 fully saturated rings. The van der Waals surface area contributed by atoms with Gasteiger partial charge in [-0.25, -0.2) is 4.79 Å². The first kappa shape index (κ1) is 17.7. The summed E-state index contributed by atoms with van der Waals surface area (Å²) in [5, 5.41) is 5.84. The standard InChI is InChI=1S/C21H25N3O3/c1-15-2-4-16(5-3-15)12-24-9-8-17(13-24)11-22-21(25)23-18-6-7-19-20(10-18)27-14-26-19/h2-7,10,17H,8-9,11-14H2,1H3,(H2,22,23,25). The Bertz CT molecular complexity index is 807. The molecule has 0 spiro atoms. The number of nitrogens with one attached hydrogen (secondary N) is 2. The topological polar surface area (TPSA) is 62.8 Å². The van der Waals surface area contributed by atoms with E-state index >= 15 is 0 Å². The molecule has 1 atom stereocenters. The highest BCUT2D eigenvalue weighted by Crippen LogP contribution is 2.34. The van der Waals surface area contributed by atoms with Crippen LogP contribution in [0.5, 0.6) is 11.5 Å². The van der Waals surface area contributed by atoms with Crippen molar-refractivity contribution in [2.24, 2.45) is 5.92 Å². The van der Waals surface area contributed by atoms with E-state index in [0.29, 0.717) is 29.6 Å². The summed E-state index contributed by atoms with van der Waals surface area (Å²) in [7, 11) is 0. The normalized spacial score (nSPS) is 18.5. The summed E-state index contributed by atoms with van der Waals surface area (Å²) in [6, 6.07) is 13.9. The van der Waals surface area contributed by atoms with Gasteiger partial charge in [-0.1, -0.05) is 29.8 Å². The SMILES string of the molecule is Cc1ccc(CN2CCC(CNC(=O)Nc3ccc4c(c3)OCO4)C2)cc1. The van der Waals surface area contributed by atoms with E-state index in [1.54, 1.807) is 12.1 Å². The van der Waals surface area contributed by atoms with Crippen LogP contribution < -0.4 is 20.1 Å². The molecule has 4 rings (SSSR count). The van der Waals surface area contributed by atoms with Crippen LogP contribution in [0.25, 0.3) is 0 Å². The molecule has 2 heterocycles. The fourth-order valence-electron chi connectivity index (χ4n) is 3.56. The molecule has 2 aliphatic rings. The predicted octanol–water partition coefficient (Wildman–Crippen LogP) is 3.37. The van der Waals surface area contributed by atoms with Crippen LogP contribution in [0.4, 0.5) is 10.5 Å². The zero-order valence-electron chi connectivity index (χ0n) is 15.5. The van der Waals surface area contributed by atoms with Gasteiger partial charge < -0.3 is 20.1 Å². The van der Waals surface area contributed by atoms with Crippen LogP contribution in [0.15, 0.2) is 42.5 Å². The summed E-state index contributed by atoms with van der Waals surface area (Å²) < 4.78 is 10.6. The Morgan fingerprint density at radius 1 is 1.15 bits per heavy atom. The number of urea groups is 1. The minimum Gasteiger partial charge on any atom is -0.454 e. The highest BCUT2D eigenvalue weighted by Gasteiger charge is 2.23. The molecule has 1 unspecified atom stereocenters. The number of hydrogen-bond donors (Lipinski definition) is 2. The van der Waals surface area contributed by atoms with Gasteiger partial charge in [-0.3, -0.25) is 4.90 Å². The zero-order valence-corrected chi connectivity index (χ0v) is 15.5. The average molecular weight is 367 g/mol. The van der Waals surface area contributed by atoms with Gasteiger partial charge in [0.05, 0.1) is 0 Å². The summed E-state index contributed by atoms with van der Waals surface area (Å²) in [6.45, 7) is 6.07. The smallest absolute Gasteiger partial charge is 0.319 e. The number of hydrogen-bond acceptors (Lipinski definition) is 4. The molecular formula is C21H25N3O3. The third kappa shape index (κ3) is 4.52. The van der Waals surface area contributed by atoms with Crippen molar-refractivity contribution in [3.63, 3.8) is 0 Å². The first-order chi connectivity index (χ1) is 13.2. The van der Waals surface area contributed by atoms with E-state index in [1.807, 2.05) is 6.07 Å². The maximum Gasteiger partial charge on any atom is 0.319 e. The maximum absolute atomic E-state index is 12.2. The van der Waals surface area contributed by atoms with Crippen LogP contribution in [0, 0.1) is 12.8 Å². The van der Waals surface area contributed by atoms with E-state index < -0.39 is 0 Å². The summed E-state index contributed by atoms with van der Waals surface area (Å²) in [6.07, 6.45) is 1.11. The summed E-state index contributed by atoms with van der Waals surface area (Å²) in [5.74, 6) is 1.86. The Labute approximate surface area is 159 Å². The molecule has 142 valence electrons. The molecule has 0 saturated carbocycles. The second-order valence-electron chi connectivity index (χ2n) is 7.28. The van der Waals surface area contributed by atoms with E-state index in [9.17, 15) is 4.79 Å². The molecule has 0 aliphatic carbocycles. The number of amides is 2. The Hall–Kier alpha value is -2.73. The van der Waals surface area contributed by atoms with Crippen molar-refractivity contribution in [2.75, 3.05) is 31.7 Å². The molecule has 2 aromatic carbocycles. The van der Waals surface area contributed by atoms with Crippen LogP contribution in [-0.4, -0.2) is 37.4 Å². The molecule has 0 radical (unpaired) electrons. The van der Waals surface area contributed by atoms with Crippen LogP contribution in [0.1, 0.15) is 17.5 Å². The monoisotopic (exact) mass is 367 g/mol. The van der Waals surface area contributed by atoms with Crippen molar-refractivity contribution in [2.45, 2.75) is 19.9 Å². The van der Waals surface area contributed by atoms with Gasteiger partial charge in [0.25, 0.3) is 0 Å². The number of ether oxygens (including phenoxy) is 2. The number of fused-ring (bicyclic) bond motifs is 1. The lowest BCUT2D eigenvalue weighted by molar-refractivity contribution is 0.174. The van der Waals surface area contributed by atoms with Gasteiger partial charge in [0, 0.05) is 31.4 Å². The third-order valence-electron chi connectivity index (χ3n) is 5.08. The van der Waals surface area contributed by atoms with Crippen molar-refractivity contribution in [3.8, 4) is 11.5 Å². The Morgan fingerprint density at radius 2 is 1.96 bits per heavy atom.